The molecule has 0 aliphatic rings. The molecule has 0 saturated carbocycles. The number of aromatic nitrogens is 1. The largest absolute Gasteiger partial charge is 0.458 e. The van der Waals surface area contributed by atoms with Crippen LogP contribution >= 0.6 is 11.3 Å². The summed E-state index contributed by atoms with van der Waals surface area (Å²) in [6.07, 6.45) is 0. The lowest BCUT2D eigenvalue weighted by molar-refractivity contribution is 0.474. The summed E-state index contributed by atoms with van der Waals surface area (Å²) in [5, 5.41) is 2.20. The fourth-order valence-electron chi connectivity index (χ4n) is 1.33. The van der Waals surface area contributed by atoms with Crippen molar-refractivity contribution in [2.45, 2.75) is 6.54 Å². The van der Waals surface area contributed by atoms with Gasteiger partial charge in [0.1, 0.15) is 11.5 Å². The van der Waals surface area contributed by atoms with Crippen molar-refractivity contribution in [3.63, 3.8) is 0 Å². The van der Waals surface area contributed by atoms with E-state index < -0.39 is 11.3 Å². The first-order valence-corrected chi connectivity index (χ1v) is 7.27. The molecule has 2 rings (SSSR count). The predicted molar refractivity (Wildman–Crippen MR) is 76.0 cm³/mol. The van der Waals surface area contributed by atoms with Crippen molar-refractivity contribution in [3.05, 3.63) is 23.3 Å². The third-order valence-corrected chi connectivity index (χ3v) is 3.11. The molecule has 2 aromatic rings. The minimum absolute atomic E-state index is 0.0571. The highest BCUT2D eigenvalue weighted by Gasteiger charge is 2.09. The van der Waals surface area contributed by atoms with Gasteiger partial charge in [0.25, 0.3) is 0 Å². The molecule has 2 heterocycles. The van der Waals surface area contributed by atoms with Crippen molar-refractivity contribution in [2.24, 2.45) is 16.5 Å². The third-order valence-electron chi connectivity index (χ3n) is 2.05. The average Bonchev–Trinajstić information content (AvgIpc) is 2.96. The molecule has 9 nitrogen and oxygen atoms in total. The SMILES string of the molecule is NC(N)=Nc1nc(-c2ccc(CNNS(=O)O)o2)cs1. The highest BCUT2D eigenvalue weighted by Crippen LogP contribution is 2.27. The number of thiazole rings is 1. The zero-order valence-electron chi connectivity index (χ0n) is 10.1. The topological polar surface area (TPSA) is 152 Å². The molecule has 0 aliphatic heterocycles. The van der Waals surface area contributed by atoms with Crippen molar-refractivity contribution < 1.29 is 13.2 Å². The smallest absolute Gasteiger partial charge is 0.245 e. The van der Waals surface area contributed by atoms with Crippen molar-refractivity contribution in [1.82, 2.24) is 15.2 Å². The summed E-state index contributed by atoms with van der Waals surface area (Å²) < 4.78 is 24.4. The molecule has 2 aromatic heterocycles. The Balaban J connectivity index is 2.03. The molecule has 20 heavy (non-hydrogen) atoms. The van der Waals surface area contributed by atoms with Gasteiger partial charge in [0.15, 0.2) is 11.7 Å². The van der Waals surface area contributed by atoms with Crippen LogP contribution in [0.3, 0.4) is 0 Å². The highest BCUT2D eigenvalue weighted by molar-refractivity contribution is 7.77. The number of hydrogen-bond donors (Lipinski definition) is 5. The van der Waals surface area contributed by atoms with E-state index in [0.29, 0.717) is 22.3 Å². The van der Waals surface area contributed by atoms with Crippen molar-refractivity contribution in [3.8, 4) is 11.5 Å². The Morgan fingerprint density at radius 1 is 1.55 bits per heavy atom. The van der Waals surface area contributed by atoms with E-state index in [4.69, 9.17) is 20.4 Å². The molecule has 0 saturated heterocycles. The molecule has 0 aromatic carbocycles. The number of hydrazine groups is 1. The maximum Gasteiger partial charge on any atom is 0.245 e. The van der Waals surface area contributed by atoms with Gasteiger partial charge in [-0.3, -0.25) is 4.55 Å². The van der Waals surface area contributed by atoms with Crippen LogP contribution in [-0.4, -0.2) is 19.7 Å². The Hall–Kier alpha value is -1.79. The normalized spacial score (nSPS) is 12.2. The summed E-state index contributed by atoms with van der Waals surface area (Å²) in [4.78, 5) is 10.2. The summed E-state index contributed by atoms with van der Waals surface area (Å²) in [7, 11) is 0. The maximum atomic E-state index is 10.4. The zero-order chi connectivity index (χ0) is 14.5. The van der Waals surface area contributed by atoms with E-state index >= 15 is 0 Å². The molecule has 1 atom stereocenters. The second kappa shape index (κ2) is 6.58. The number of aliphatic imine (C=N–C) groups is 1. The molecular formula is C9H12N6O3S2. The first kappa shape index (κ1) is 14.6. The third kappa shape index (κ3) is 4.11. The van der Waals surface area contributed by atoms with Gasteiger partial charge in [-0.2, -0.15) is 9.82 Å². The lowest BCUT2D eigenvalue weighted by atomic mass is 10.3. The molecule has 108 valence electrons. The van der Waals surface area contributed by atoms with Gasteiger partial charge in [-0.1, -0.05) is 0 Å². The van der Waals surface area contributed by atoms with Gasteiger partial charge in [0, 0.05) is 5.38 Å². The zero-order valence-corrected chi connectivity index (χ0v) is 11.7. The van der Waals surface area contributed by atoms with Gasteiger partial charge in [-0.15, -0.1) is 11.3 Å². The minimum atomic E-state index is -2.12. The molecule has 0 spiro atoms. The summed E-state index contributed by atoms with van der Waals surface area (Å²) >= 11 is -0.839. The van der Waals surface area contributed by atoms with Crippen molar-refractivity contribution in [2.75, 3.05) is 0 Å². The van der Waals surface area contributed by atoms with Crippen LogP contribution in [0.25, 0.3) is 11.5 Å². The molecule has 11 heteroatoms. The van der Waals surface area contributed by atoms with Gasteiger partial charge < -0.3 is 15.9 Å². The number of nitrogens with two attached hydrogens (primary N) is 2. The van der Waals surface area contributed by atoms with Crippen LogP contribution in [0.15, 0.2) is 26.9 Å². The van der Waals surface area contributed by atoms with E-state index in [2.05, 4.69) is 20.2 Å². The quantitative estimate of drug-likeness (QED) is 0.218. The van der Waals surface area contributed by atoms with Gasteiger partial charge in [-0.05, 0) is 12.1 Å². The van der Waals surface area contributed by atoms with Gasteiger partial charge in [-0.25, -0.2) is 14.6 Å². The number of guanidine groups is 1. The van der Waals surface area contributed by atoms with Gasteiger partial charge in [0.2, 0.25) is 16.4 Å². The van der Waals surface area contributed by atoms with Crippen LogP contribution in [-0.2, 0) is 17.8 Å². The number of hydrogen-bond acceptors (Lipinski definition) is 6. The Morgan fingerprint density at radius 2 is 2.35 bits per heavy atom. The second-order valence-electron chi connectivity index (χ2n) is 3.52. The molecule has 0 radical (unpaired) electrons. The molecule has 0 amide bonds. The van der Waals surface area contributed by atoms with E-state index in [1.165, 1.54) is 11.3 Å². The minimum Gasteiger partial charge on any atom is -0.458 e. The van der Waals surface area contributed by atoms with Crippen molar-refractivity contribution in [1.29, 1.82) is 0 Å². The van der Waals surface area contributed by atoms with E-state index in [1.807, 2.05) is 0 Å². The van der Waals surface area contributed by atoms with E-state index in [9.17, 15) is 4.21 Å². The molecule has 7 N–H and O–H groups in total. The fraction of sp³-hybridized carbons (Fsp3) is 0.111. The Kier molecular flexibility index (Phi) is 4.81. The average molecular weight is 316 g/mol. The molecule has 0 fully saturated rings. The van der Waals surface area contributed by atoms with E-state index in [0.717, 1.165) is 0 Å². The lowest BCUT2D eigenvalue weighted by Gasteiger charge is -1.99. The highest BCUT2D eigenvalue weighted by atomic mass is 32.2. The second-order valence-corrected chi connectivity index (χ2v) is 5.06. The van der Waals surface area contributed by atoms with Gasteiger partial charge in [0.05, 0.1) is 6.54 Å². The summed E-state index contributed by atoms with van der Waals surface area (Å²) in [5.74, 6) is 1.08. The Bertz CT molecular complexity index is 633. The van der Waals surface area contributed by atoms with E-state index in [1.54, 1.807) is 17.5 Å². The van der Waals surface area contributed by atoms with Crippen LogP contribution in [0.1, 0.15) is 5.76 Å². The standard InChI is InChI=1S/C9H12N6O3S2/c10-8(11)14-9-13-6(4-19-9)7-2-1-5(18-7)3-12-15-20(16)17/h1-2,4,12,15H,3H2,(H,16,17)(H4,10,11,13,14). The van der Waals surface area contributed by atoms with Crippen molar-refractivity contribution >= 4 is 33.7 Å². The summed E-state index contributed by atoms with van der Waals surface area (Å²) in [6.45, 7) is 0.247. The number of nitrogens with zero attached hydrogens (tertiary/aromatic N) is 2. The van der Waals surface area contributed by atoms with Crippen LogP contribution in [0, 0.1) is 0 Å². The maximum absolute atomic E-state index is 10.4. The molecule has 0 aliphatic carbocycles. The van der Waals surface area contributed by atoms with Crippen LogP contribution in [0.2, 0.25) is 0 Å². The fourth-order valence-corrected chi connectivity index (χ4v) is 2.23. The summed E-state index contributed by atoms with van der Waals surface area (Å²) in [5.41, 5.74) is 13.7. The molecule has 0 bridgehead atoms. The first-order valence-electron chi connectivity index (χ1n) is 5.28. The van der Waals surface area contributed by atoms with Crippen LogP contribution < -0.4 is 21.7 Å². The molecule has 1 unspecified atom stereocenters. The predicted octanol–water partition coefficient (Wildman–Crippen LogP) is 0.0389. The number of nitrogens with one attached hydrogen (secondary N) is 2. The first-order chi connectivity index (χ1) is 9.54. The van der Waals surface area contributed by atoms with Crippen LogP contribution in [0.4, 0.5) is 5.13 Å². The Morgan fingerprint density at radius 3 is 3.05 bits per heavy atom. The summed E-state index contributed by atoms with van der Waals surface area (Å²) in [6, 6.07) is 3.46. The number of furan rings is 1. The Labute approximate surface area is 120 Å². The van der Waals surface area contributed by atoms with E-state index in [-0.39, 0.29) is 12.5 Å². The number of rotatable bonds is 6. The van der Waals surface area contributed by atoms with Crippen LogP contribution in [0.5, 0.6) is 0 Å². The monoisotopic (exact) mass is 316 g/mol. The van der Waals surface area contributed by atoms with Gasteiger partial charge >= 0.3 is 0 Å². The lowest BCUT2D eigenvalue weighted by Crippen LogP contribution is -2.32. The molecular weight excluding hydrogens is 304 g/mol.